The lowest BCUT2D eigenvalue weighted by atomic mass is 10.0. The number of benzene rings is 1. The van der Waals surface area contributed by atoms with Crippen molar-refractivity contribution in [2.75, 3.05) is 6.54 Å². The highest BCUT2D eigenvalue weighted by Crippen LogP contribution is 2.27. The molecule has 0 spiro atoms. The molecule has 0 radical (unpaired) electrons. The first kappa shape index (κ1) is 12.9. The number of aromatic amines is 1. The zero-order chi connectivity index (χ0) is 13.2. The average Bonchev–Trinajstić information content (AvgIpc) is 2.92. The Morgan fingerprint density at radius 2 is 2.21 bits per heavy atom. The number of piperidine rings is 1. The lowest BCUT2D eigenvalue weighted by molar-refractivity contribution is 0.399. The summed E-state index contributed by atoms with van der Waals surface area (Å²) < 4.78 is 1.10. The highest BCUT2D eigenvalue weighted by atomic mass is 79.9. The summed E-state index contributed by atoms with van der Waals surface area (Å²) in [6.07, 6.45) is 5.67. The highest BCUT2D eigenvalue weighted by molar-refractivity contribution is 9.10. The monoisotopic (exact) mass is 319 g/mol. The Labute approximate surface area is 122 Å². The molecule has 2 N–H and O–H groups in total. The van der Waals surface area contributed by atoms with Gasteiger partial charge in [-0.15, -0.1) is 0 Å². The molecule has 1 fully saturated rings. The predicted molar refractivity (Wildman–Crippen MR) is 81.1 cm³/mol. The third-order valence-corrected chi connectivity index (χ3v) is 4.22. The summed E-state index contributed by atoms with van der Waals surface area (Å²) in [5.41, 5.74) is 3.57. The van der Waals surface area contributed by atoms with Gasteiger partial charge in [0.05, 0.1) is 17.9 Å². The number of H-pyrrole nitrogens is 1. The third kappa shape index (κ3) is 2.74. The Morgan fingerprint density at radius 1 is 1.32 bits per heavy atom. The van der Waals surface area contributed by atoms with Crippen molar-refractivity contribution >= 4 is 15.9 Å². The van der Waals surface area contributed by atoms with Gasteiger partial charge in [-0.25, -0.2) is 4.98 Å². The second-order valence-corrected chi connectivity index (χ2v) is 6.06. The maximum atomic E-state index is 4.55. The van der Waals surface area contributed by atoms with Crippen molar-refractivity contribution in [2.45, 2.75) is 32.2 Å². The van der Waals surface area contributed by atoms with Crippen LogP contribution in [0.1, 0.15) is 36.7 Å². The van der Waals surface area contributed by atoms with Gasteiger partial charge >= 0.3 is 0 Å². The molecule has 4 heteroatoms. The number of nitrogens with zero attached hydrogens (tertiary/aromatic N) is 1. The molecule has 0 amide bonds. The molecular weight excluding hydrogens is 302 g/mol. The van der Waals surface area contributed by atoms with Crippen LogP contribution >= 0.6 is 15.9 Å². The number of hydrogen-bond acceptors (Lipinski definition) is 2. The SMILES string of the molecule is Cc1ccc(Br)cc1-c1cnc(C2CCCCN2)[nH]1. The summed E-state index contributed by atoms with van der Waals surface area (Å²) in [6.45, 7) is 3.22. The maximum Gasteiger partial charge on any atom is 0.123 e. The topological polar surface area (TPSA) is 40.7 Å². The Morgan fingerprint density at radius 3 is 3.00 bits per heavy atom. The summed E-state index contributed by atoms with van der Waals surface area (Å²) in [5.74, 6) is 1.06. The van der Waals surface area contributed by atoms with Crippen molar-refractivity contribution in [3.63, 3.8) is 0 Å². The minimum Gasteiger partial charge on any atom is -0.341 e. The van der Waals surface area contributed by atoms with Crippen LogP contribution in [0, 0.1) is 6.92 Å². The van der Waals surface area contributed by atoms with Gasteiger partial charge in [0.25, 0.3) is 0 Å². The van der Waals surface area contributed by atoms with Crippen LogP contribution in [0.15, 0.2) is 28.9 Å². The lowest BCUT2D eigenvalue weighted by Gasteiger charge is -2.21. The fourth-order valence-electron chi connectivity index (χ4n) is 2.62. The molecule has 1 saturated heterocycles. The van der Waals surface area contributed by atoms with Crippen LogP contribution in [-0.2, 0) is 0 Å². The maximum absolute atomic E-state index is 4.55. The van der Waals surface area contributed by atoms with Gasteiger partial charge in [0.2, 0.25) is 0 Å². The molecule has 100 valence electrons. The van der Waals surface area contributed by atoms with E-state index in [1.54, 1.807) is 0 Å². The summed E-state index contributed by atoms with van der Waals surface area (Å²) in [7, 11) is 0. The number of rotatable bonds is 2. The first-order valence-corrected chi connectivity index (χ1v) is 7.58. The minimum absolute atomic E-state index is 0.384. The largest absolute Gasteiger partial charge is 0.341 e. The molecule has 2 heterocycles. The van der Waals surface area contributed by atoms with E-state index in [9.17, 15) is 0 Å². The molecule has 1 aromatic heterocycles. The van der Waals surface area contributed by atoms with Crippen LogP contribution in [0.2, 0.25) is 0 Å². The van der Waals surface area contributed by atoms with Gasteiger partial charge in [0, 0.05) is 10.0 Å². The molecule has 1 aromatic carbocycles. The van der Waals surface area contributed by atoms with Gasteiger partial charge in [-0.1, -0.05) is 28.4 Å². The Kier molecular flexibility index (Phi) is 3.71. The average molecular weight is 320 g/mol. The molecular formula is C15H18BrN3. The summed E-state index contributed by atoms with van der Waals surface area (Å²) in [4.78, 5) is 8.03. The van der Waals surface area contributed by atoms with Crippen LogP contribution in [0.5, 0.6) is 0 Å². The van der Waals surface area contributed by atoms with Gasteiger partial charge < -0.3 is 10.3 Å². The molecule has 0 bridgehead atoms. The first-order chi connectivity index (χ1) is 9.24. The standard InChI is InChI=1S/C15H18BrN3/c1-10-5-6-11(16)8-12(10)14-9-18-15(19-14)13-4-2-3-7-17-13/h5-6,8-9,13,17H,2-4,7H2,1H3,(H,18,19). The van der Waals surface area contributed by atoms with Crippen LogP contribution in [0.25, 0.3) is 11.3 Å². The van der Waals surface area contributed by atoms with Crippen LogP contribution in [0.3, 0.4) is 0 Å². The number of imidazole rings is 1. The van der Waals surface area contributed by atoms with E-state index in [0.29, 0.717) is 6.04 Å². The van der Waals surface area contributed by atoms with Gasteiger partial charge in [-0.3, -0.25) is 0 Å². The molecule has 1 aliphatic rings. The van der Waals surface area contributed by atoms with Crippen molar-refractivity contribution in [1.82, 2.24) is 15.3 Å². The molecule has 3 nitrogen and oxygen atoms in total. The molecule has 2 aromatic rings. The predicted octanol–water partition coefficient (Wildman–Crippen LogP) is 3.96. The molecule has 1 aliphatic heterocycles. The quantitative estimate of drug-likeness (QED) is 0.879. The molecule has 1 unspecified atom stereocenters. The molecule has 0 aliphatic carbocycles. The number of aryl methyl sites for hydroxylation is 1. The van der Waals surface area contributed by atoms with Crippen LogP contribution in [0.4, 0.5) is 0 Å². The summed E-state index contributed by atoms with van der Waals surface area (Å²) in [6, 6.07) is 6.72. The van der Waals surface area contributed by atoms with E-state index in [1.807, 2.05) is 6.20 Å². The van der Waals surface area contributed by atoms with Crippen LogP contribution < -0.4 is 5.32 Å². The van der Waals surface area contributed by atoms with Gasteiger partial charge in [-0.05, 0) is 44.0 Å². The molecule has 19 heavy (non-hydrogen) atoms. The van der Waals surface area contributed by atoms with Gasteiger partial charge in [0.15, 0.2) is 0 Å². The number of halogens is 1. The van der Waals surface area contributed by atoms with Crippen molar-refractivity contribution in [3.05, 3.63) is 40.3 Å². The van der Waals surface area contributed by atoms with Crippen molar-refractivity contribution in [1.29, 1.82) is 0 Å². The van der Waals surface area contributed by atoms with E-state index >= 15 is 0 Å². The van der Waals surface area contributed by atoms with Crippen molar-refractivity contribution in [2.24, 2.45) is 0 Å². The summed E-state index contributed by atoms with van der Waals surface area (Å²) in [5, 5.41) is 3.52. The normalized spacial score (nSPS) is 19.6. The molecule has 3 rings (SSSR count). The fourth-order valence-corrected chi connectivity index (χ4v) is 2.98. The fraction of sp³-hybridized carbons (Fsp3) is 0.400. The Balaban J connectivity index is 1.89. The van der Waals surface area contributed by atoms with Crippen LogP contribution in [-0.4, -0.2) is 16.5 Å². The number of aromatic nitrogens is 2. The second kappa shape index (κ2) is 5.47. The molecule has 1 atom stereocenters. The van der Waals surface area contributed by atoms with E-state index in [0.717, 1.165) is 22.5 Å². The Bertz CT molecular complexity index is 571. The smallest absolute Gasteiger partial charge is 0.123 e. The van der Waals surface area contributed by atoms with Crippen molar-refractivity contribution in [3.8, 4) is 11.3 Å². The number of nitrogens with one attached hydrogen (secondary N) is 2. The van der Waals surface area contributed by atoms with E-state index in [1.165, 1.54) is 30.4 Å². The van der Waals surface area contributed by atoms with Gasteiger partial charge in [-0.2, -0.15) is 0 Å². The van der Waals surface area contributed by atoms with Crippen molar-refractivity contribution < 1.29 is 0 Å². The second-order valence-electron chi connectivity index (χ2n) is 5.14. The zero-order valence-electron chi connectivity index (χ0n) is 11.0. The van der Waals surface area contributed by atoms with Gasteiger partial charge in [0.1, 0.15) is 5.82 Å². The van der Waals surface area contributed by atoms with E-state index < -0.39 is 0 Å². The van der Waals surface area contributed by atoms with E-state index in [2.05, 4.69) is 56.3 Å². The van der Waals surface area contributed by atoms with E-state index in [4.69, 9.17) is 0 Å². The summed E-state index contributed by atoms with van der Waals surface area (Å²) >= 11 is 3.53. The zero-order valence-corrected chi connectivity index (χ0v) is 12.6. The first-order valence-electron chi connectivity index (χ1n) is 6.79. The highest BCUT2D eigenvalue weighted by Gasteiger charge is 2.18. The third-order valence-electron chi connectivity index (χ3n) is 3.73. The Hall–Kier alpha value is -1.13. The number of hydrogen-bond donors (Lipinski definition) is 2. The molecule has 0 saturated carbocycles. The van der Waals surface area contributed by atoms with E-state index in [-0.39, 0.29) is 0 Å². The lowest BCUT2D eigenvalue weighted by Crippen LogP contribution is -2.27. The minimum atomic E-state index is 0.384.